The van der Waals surface area contributed by atoms with Gasteiger partial charge in [-0.3, -0.25) is 0 Å². The van der Waals surface area contributed by atoms with Gasteiger partial charge in [-0.05, 0) is 0 Å². The molecular weight excluding hydrogens is 662 g/mol. The van der Waals surface area contributed by atoms with Gasteiger partial charge >= 0.3 is 216 Å². The summed E-state index contributed by atoms with van der Waals surface area (Å²) in [6.45, 7) is 2.32. The number of fused-ring (bicyclic) bond motifs is 2. The molecule has 0 saturated heterocycles. The van der Waals surface area contributed by atoms with Crippen molar-refractivity contribution in [3.05, 3.63) is 113 Å². The second kappa shape index (κ2) is 14.7. The molecule has 0 aliphatic heterocycles. The molecule has 3 atom stereocenters. The molecule has 189 valence electrons. The largest absolute Gasteiger partial charge is 0.147 e. The summed E-state index contributed by atoms with van der Waals surface area (Å²) in [7, 11) is 0. The van der Waals surface area contributed by atoms with Crippen LogP contribution < -0.4 is 5.19 Å². The van der Waals surface area contributed by atoms with Crippen LogP contribution in [-0.4, -0.2) is 5.98 Å². The fraction of sp³-hybridized carbons (Fsp3) is 0.312. The van der Waals surface area contributed by atoms with Crippen molar-refractivity contribution >= 4 is 48.1 Å². The van der Waals surface area contributed by atoms with Gasteiger partial charge in [0.15, 0.2) is 0 Å². The van der Waals surface area contributed by atoms with E-state index in [-0.39, 0.29) is 24.8 Å². The van der Waals surface area contributed by atoms with Crippen molar-refractivity contribution in [2.24, 2.45) is 0 Å². The molecule has 5 rings (SSSR count). The van der Waals surface area contributed by atoms with Gasteiger partial charge in [0.25, 0.3) is 0 Å². The maximum Gasteiger partial charge on any atom is -0.147 e. The van der Waals surface area contributed by atoms with Crippen molar-refractivity contribution in [3.63, 3.8) is 0 Å². The van der Waals surface area contributed by atoms with Crippen LogP contribution in [0.15, 0.2) is 91.0 Å². The summed E-state index contributed by atoms with van der Waals surface area (Å²) >= 11 is -2.27. The first kappa shape index (κ1) is 29.4. The van der Waals surface area contributed by atoms with Gasteiger partial charge < -0.3 is 0 Å². The molecule has 0 fully saturated rings. The first-order chi connectivity index (χ1) is 16.9. The van der Waals surface area contributed by atoms with Crippen LogP contribution in [-0.2, 0) is 20.6 Å². The van der Waals surface area contributed by atoms with E-state index in [0.29, 0.717) is 0 Å². The van der Waals surface area contributed by atoms with E-state index in [4.69, 9.17) is 0 Å². The third-order valence-electron chi connectivity index (χ3n) is 7.77. The monoisotopic (exact) mass is 701 g/mol. The minimum Gasteiger partial charge on any atom is -0.147 e. The van der Waals surface area contributed by atoms with Gasteiger partial charge in [0, 0.05) is 0 Å². The maximum absolute atomic E-state index is 2.63. The molecule has 0 radical (unpaired) electrons. The van der Waals surface area contributed by atoms with Gasteiger partial charge in [0.2, 0.25) is 0 Å². The predicted octanol–water partition coefficient (Wildman–Crippen LogP) is 8.98. The summed E-state index contributed by atoms with van der Waals surface area (Å²) in [5.41, 5.74) is 6.23. The first-order valence-electron chi connectivity index (χ1n) is 13.3. The minimum absolute atomic E-state index is 0. The molecular formula is C32H39Cl2HfSi. The summed E-state index contributed by atoms with van der Waals surface area (Å²) in [4.78, 5) is 0. The Labute approximate surface area is 239 Å². The van der Waals surface area contributed by atoms with Crippen molar-refractivity contribution in [2.75, 3.05) is 0 Å². The third kappa shape index (κ3) is 6.62. The molecule has 3 aromatic carbocycles. The molecule has 36 heavy (non-hydrogen) atoms. The van der Waals surface area contributed by atoms with Crippen LogP contribution in [0.5, 0.6) is 0 Å². The number of benzene rings is 3. The average Bonchev–Trinajstić information content (AvgIpc) is 3.51. The molecule has 0 N–H and O–H groups in total. The zero-order valence-electron chi connectivity index (χ0n) is 21.3. The molecule has 2 aliphatic rings. The summed E-state index contributed by atoms with van der Waals surface area (Å²) in [5.74, 6) is -1.08. The second-order valence-electron chi connectivity index (χ2n) is 9.95. The van der Waals surface area contributed by atoms with Gasteiger partial charge in [-0.1, -0.05) is 0 Å². The van der Waals surface area contributed by atoms with Crippen LogP contribution >= 0.6 is 24.8 Å². The Hall–Kier alpha value is -1.19. The summed E-state index contributed by atoms with van der Waals surface area (Å²) < 4.78 is 1.44. The van der Waals surface area contributed by atoms with Crippen molar-refractivity contribution in [1.29, 1.82) is 0 Å². The van der Waals surface area contributed by atoms with Crippen LogP contribution in [0.3, 0.4) is 0 Å². The Morgan fingerprint density at radius 2 is 1.11 bits per heavy atom. The molecule has 4 heteroatoms. The molecule has 3 unspecified atom stereocenters. The van der Waals surface area contributed by atoms with Crippen molar-refractivity contribution in [1.82, 2.24) is 0 Å². The number of hydrogen-bond acceptors (Lipinski definition) is 0. The normalized spacial score (nSPS) is 17.6. The van der Waals surface area contributed by atoms with Crippen molar-refractivity contribution < 1.29 is 20.6 Å². The molecule has 0 amide bonds. The van der Waals surface area contributed by atoms with Crippen molar-refractivity contribution in [2.45, 2.75) is 58.8 Å². The van der Waals surface area contributed by atoms with Crippen LogP contribution in [0.25, 0.3) is 12.2 Å². The van der Waals surface area contributed by atoms with E-state index in [0.717, 1.165) is 7.35 Å². The second-order valence-corrected chi connectivity index (χ2v) is 33.3. The van der Waals surface area contributed by atoms with E-state index in [1.54, 1.807) is 16.3 Å². The zero-order chi connectivity index (χ0) is 23.2. The van der Waals surface area contributed by atoms with E-state index in [1.807, 2.05) is 0 Å². The van der Waals surface area contributed by atoms with Crippen molar-refractivity contribution in [3.8, 4) is 0 Å². The van der Waals surface area contributed by atoms with E-state index >= 15 is 0 Å². The minimum atomic E-state index is -2.27. The summed E-state index contributed by atoms with van der Waals surface area (Å²) in [6.07, 6.45) is 18.6. The fourth-order valence-corrected chi connectivity index (χ4v) is 43.6. The smallest absolute Gasteiger partial charge is 0.147 e. The number of hydrogen-bond donors (Lipinski definition) is 0. The number of allylic oxidation sites excluding steroid dienone is 2. The van der Waals surface area contributed by atoms with E-state index in [9.17, 15) is 0 Å². The Morgan fingerprint density at radius 1 is 0.611 bits per heavy atom. The van der Waals surface area contributed by atoms with Crippen LogP contribution in [0, 0.1) is 0 Å². The first-order valence-corrected chi connectivity index (χ1v) is 25.7. The zero-order valence-corrected chi connectivity index (χ0v) is 27.7. The van der Waals surface area contributed by atoms with Crippen LogP contribution in [0.2, 0.25) is 6.04 Å². The van der Waals surface area contributed by atoms with Gasteiger partial charge in [-0.15, -0.1) is 24.8 Å². The van der Waals surface area contributed by atoms with Crippen LogP contribution in [0.1, 0.15) is 75.1 Å². The molecule has 0 bridgehead atoms. The molecule has 0 saturated carbocycles. The number of halogens is 2. The van der Waals surface area contributed by atoms with Crippen LogP contribution in [0.4, 0.5) is 0 Å². The maximum atomic E-state index is 2.63. The molecule has 0 spiro atoms. The quantitative estimate of drug-likeness (QED) is 0.138. The molecule has 3 aromatic rings. The average molecular weight is 701 g/mol. The standard InChI is InChI=1S/C14H23Si.2C9H7.2ClH.Hf/c1-2-3-4-5-6-10-13-15-14-11-8-7-9-12-14;2*1-2-5-9-7-3-6-8(9)4-1;;;/h7-9,11-12,15H,2-6,10,13H2,1H3;2*1-7H;2*1H;. The van der Waals surface area contributed by atoms with E-state index < -0.39 is 26.6 Å². The Morgan fingerprint density at radius 3 is 1.69 bits per heavy atom. The summed E-state index contributed by atoms with van der Waals surface area (Å²) in [6, 6.07) is 31.8. The van der Waals surface area contributed by atoms with Gasteiger partial charge in [-0.2, -0.15) is 0 Å². The number of rotatable bonds is 11. The molecule has 0 nitrogen and oxygen atoms in total. The topological polar surface area (TPSA) is 0 Å². The Balaban J connectivity index is 0.00000180. The Bertz CT molecular complexity index is 1080. The fourth-order valence-electron chi connectivity index (χ4n) is 6.05. The van der Waals surface area contributed by atoms with Gasteiger partial charge in [-0.25, -0.2) is 0 Å². The Kier molecular flexibility index (Phi) is 12.0. The predicted molar refractivity (Wildman–Crippen MR) is 162 cm³/mol. The third-order valence-corrected chi connectivity index (χ3v) is 40.8. The summed E-state index contributed by atoms with van der Waals surface area (Å²) in [5, 5.41) is 1.74. The van der Waals surface area contributed by atoms with E-state index in [2.05, 4.69) is 110 Å². The molecule has 0 heterocycles. The van der Waals surface area contributed by atoms with Gasteiger partial charge in [0.1, 0.15) is 0 Å². The molecule has 2 aliphatic carbocycles. The SMILES string of the molecule is CCCCCCCC[SiH](c1ccccc1)[Hf]([CH]1C=Cc2ccccc21)[CH]1C=Cc2ccccc21.Cl.Cl. The van der Waals surface area contributed by atoms with Gasteiger partial charge in [0.05, 0.1) is 0 Å². The molecule has 0 aromatic heterocycles. The number of unbranched alkanes of at least 4 members (excludes halogenated alkanes) is 5. The van der Waals surface area contributed by atoms with E-state index in [1.165, 1.54) is 55.7 Å².